The van der Waals surface area contributed by atoms with Gasteiger partial charge in [-0.2, -0.15) is 5.26 Å². The summed E-state index contributed by atoms with van der Waals surface area (Å²) in [5.74, 6) is 1.71. The predicted octanol–water partition coefficient (Wildman–Crippen LogP) is 10.6. The first kappa shape index (κ1) is 25.6. The lowest BCUT2D eigenvalue weighted by atomic mass is 9.61. The maximum atomic E-state index is 9.49. The lowest BCUT2D eigenvalue weighted by Crippen LogP contribution is -2.37. The molecule has 0 saturated heterocycles. The van der Waals surface area contributed by atoms with Crippen molar-refractivity contribution in [3.8, 4) is 28.9 Å². The highest BCUT2D eigenvalue weighted by molar-refractivity contribution is 6.13. The summed E-state index contributed by atoms with van der Waals surface area (Å²) < 4.78 is 11.7. The lowest BCUT2D eigenvalue weighted by Gasteiger charge is -2.45. The minimum absolute atomic E-state index is 0.628. The lowest BCUT2D eigenvalue weighted by molar-refractivity contribution is 0.435. The number of nitrogens with zero attached hydrogens (tertiary/aromatic N) is 3. The fraction of sp³-hybridized carbons (Fsp3) is 0.0227. The highest BCUT2D eigenvalue weighted by Gasteiger charge is 2.50. The molecule has 1 unspecified atom stereocenters. The van der Waals surface area contributed by atoms with Gasteiger partial charge in [0.15, 0.2) is 0 Å². The van der Waals surface area contributed by atoms with Crippen molar-refractivity contribution >= 4 is 43.6 Å². The van der Waals surface area contributed by atoms with Gasteiger partial charge in [0.2, 0.25) is 0 Å². The Morgan fingerprint density at radius 2 is 1.12 bits per heavy atom. The number of hydrogen-bond acceptors (Lipinski definition) is 2. The van der Waals surface area contributed by atoms with Gasteiger partial charge < -0.3 is 13.9 Å². The number of hydrogen-bond donors (Lipinski definition) is 0. The van der Waals surface area contributed by atoms with E-state index in [1.807, 2.05) is 24.3 Å². The van der Waals surface area contributed by atoms with Crippen molar-refractivity contribution in [3.05, 3.63) is 179 Å². The number of ether oxygens (including phenoxy) is 1. The van der Waals surface area contributed by atoms with Gasteiger partial charge in [0.1, 0.15) is 11.5 Å². The molecule has 4 heteroatoms. The molecule has 4 nitrogen and oxygen atoms in total. The Bertz CT molecular complexity index is 2880. The molecule has 4 heterocycles. The summed E-state index contributed by atoms with van der Waals surface area (Å²) >= 11 is 0. The number of aromatic nitrogens is 2. The van der Waals surface area contributed by atoms with E-state index in [9.17, 15) is 5.26 Å². The fourth-order valence-electron chi connectivity index (χ4n) is 8.75. The van der Waals surface area contributed by atoms with Crippen molar-refractivity contribution in [1.82, 2.24) is 9.13 Å². The predicted molar refractivity (Wildman–Crippen MR) is 192 cm³/mol. The maximum Gasteiger partial charge on any atom is 0.134 e. The van der Waals surface area contributed by atoms with Crippen LogP contribution in [-0.2, 0) is 5.41 Å². The second kappa shape index (κ2) is 9.03. The molecule has 0 N–H and O–H groups in total. The quantitative estimate of drug-likeness (QED) is 0.185. The second-order valence-electron chi connectivity index (χ2n) is 12.8. The van der Waals surface area contributed by atoms with E-state index in [0.29, 0.717) is 5.56 Å². The van der Waals surface area contributed by atoms with Gasteiger partial charge in [0, 0.05) is 44.4 Å². The molecule has 9 aromatic rings. The second-order valence-corrected chi connectivity index (χ2v) is 12.8. The molecule has 7 aromatic carbocycles. The van der Waals surface area contributed by atoms with E-state index in [1.54, 1.807) is 0 Å². The molecule has 222 valence electrons. The van der Waals surface area contributed by atoms with Crippen LogP contribution in [0, 0.1) is 11.3 Å². The molecule has 1 spiro atoms. The van der Waals surface area contributed by atoms with Crippen molar-refractivity contribution in [2.75, 3.05) is 0 Å². The summed E-state index contributed by atoms with van der Waals surface area (Å²) in [4.78, 5) is 0. The molecule has 2 aliphatic rings. The summed E-state index contributed by atoms with van der Waals surface area (Å²) in [5, 5.41) is 14.3. The first-order chi connectivity index (χ1) is 23.8. The average molecular weight is 612 g/mol. The van der Waals surface area contributed by atoms with E-state index in [4.69, 9.17) is 4.74 Å². The van der Waals surface area contributed by atoms with Crippen LogP contribution in [0.1, 0.15) is 27.8 Å². The minimum Gasteiger partial charge on any atom is -0.457 e. The van der Waals surface area contributed by atoms with Crippen molar-refractivity contribution < 1.29 is 4.74 Å². The van der Waals surface area contributed by atoms with E-state index >= 15 is 0 Å². The van der Waals surface area contributed by atoms with Gasteiger partial charge in [-0.1, -0.05) is 91.0 Å². The van der Waals surface area contributed by atoms with Gasteiger partial charge in [0.25, 0.3) is 0 Å². The van der Waals surface area contributed by atoms with Gasteiger partial charge >= 0.3 is 0 Å². The van der Waals surface area contributed by atoms with Gasteiger partial charge in [-0.15, -0.1) is 0 Å². The Hall–Kier alpha value is -6.57. The highest BCUT2D eigenvalue weighted by Crippen LogP contribution is 2.61. The Morgan fingerprint density at radius 3 is 1.94 bits per heavy atom. The van der Waals surface area contributed by atoms with Crippen LogP contribution >= 0.6 is 0 Å². The number of rotatable bonds is 1. The molecule has 2 aromatic heterocycles. The van der Waals surface area contributed by atoms with Crippen molar-refractivity contribution in [3.63, 3.8) is 0 Å². The summed E-state index contributed by atoms with van der Waals surface area (Å²) in [7, 11) is 0. The summed E-state index contributed by atoms with van der Waals surface area (Å²) in [6, 6.07) is 56.3. The molecule has 0 saturated carbocycles. The third kappa shape index (κ3) is 3.00. The van der Waals surface area contributed by atoms with Crippen LogP contribution in [-0.4, -0.2) is 9.13 Å². The highest BCUT2D eigenvalue weighted by atomic mass is 16.5. The number of para-hydroxylation sites is 5. The van der Waals surface area contributed by atoms with Crippen molar-refractivity contribution in [2.45, 2.75) is 5.41 Å². The monoisotopic (exact) mass is 611 g/mol. The molecular formula is C44H25N3O. The van der Waals surface area contributed by atoms with E-state index in [2.05, 4.69) is 143 Å². The van der Waals surface area contributed by atoms with Gasteiger partial charge in [-0.3, -0.25) is 0 Å². The smallest absolute Gasteiger partial charge is 0.134 e. The Balaban J connectivity index is 1.33. The number of fused-ring (bicyclic) bond motifs is 14. The normalized spacial score (nSPS) is 15.7. The molecule has 0 radical (unpaired) electrons. The topological polar surface area (TPSA) is 42.9 Å². The zero-order valence-corrected chi connectivity index (χ0v) is 25.7. The summed E-state index contributed by atoms with van der Waals surface area (Å²) in [6.07, 6.45) is 0. The van der Waals surface area contributed by atoms with Crippen LogP contribution in [0.25, 0.3) is 55.0 Å². The first-order valence-corrected chi connectivity index (χ1v) is 16.3. The number of benzene rings is 7. The molecular weight excluding hydrogens is 587 g/mol. The van der Waals surface area contributed by atoms with Crippen molar-refractivity contribution in [1.29, 1.82) is 5.26 Å². The van der Waals surface area contributed by atoms with Crippen LogP contribution in [0.15, 0.2) is 152 Å². The molecule has 1 atom stereocenters. The van der Waals surface area contributed by atoms with Crippen molar-refractivity contribution in [2.24, 2.45) is 0 Å². The molecule has 0 amide bonds. The Kier molecular flexibility index (Phi) is 4.82. The summed E-state index contributed by atoms with van der Waals surface area (Å²) in [5.41, 5.74) is 11.6. The molecule has 11 rings (SSSR count). The summed E-state index contributed by atoms with van der Waals surface area (Å²) in [6.45, 7) is 0. The number of nitriles is 1. The maximum absolute atomic E-state index is 9.49. The molecule has 48 heavy (non-hydrogen) atoms. The van der Waals surface area contributed by atoms with E-state index in [0.717, 1.165) is 44.7 Å². The molecule has 2 aliphatic heterocycles. The van der Waals surface area contributed by atoms with Crippen LogP contribution in [0.3, 0.4) is 0 Å². The largest absolute Gasteiger partial charge is 0.457 e. The third-order valence-electron chi connectivity index (χ3n) is 10.6. The van der Waals surface area contributed by atoms with E-state index < -0.39 is 5.41 Å². The SMILES string of the molecule is N#Cc1ccc(-n2c3ccccc3c3cc4c(cc32)Oc2ccccc2C42c3ccccc3-n3c4ccccc4c4cccc2c43)cc1. The molecule has 0 fully saturated rings. The standard InChI is InChI=1S/C44H25N3O/c45-26-27-20-22-28(23-21-27)46-37-16-5-2-11-30(37)32-24-36-42(25-40(32)46)48-41-19-8-4-14-34(41)44(36)33-13-3-7-18-39(33)47-38-17-6-1-10-29(38)31-12-9-15-35(44)43(31)47/h1-25H. The first-order valence-electron chi connectivity index (χ1n) is 16.3. The fourth-order valence-corrected chi connectivity index (χ4v) is 8.75. The van der Waals surface area contributed by atoms with Crippen LogP contribution < -0.4 is 4.74 Å². The zero-order valence-electron chi connectivity index (χ0n) is 25.7. The van der Waals surface area contributed by atoms with Gasteiger partial charge in [-0.05, 0) is 65.7 Å². The molecule has 0 bridgehead atoms. The van der Waals surface area contributed by atoms with Gasteiger partial charge in [-0.25, -0.2) is 0 Å². The zero-order chi connectivity index (χ0) is 31.6. The third-order valence-corrected chi connectivity index (χ3v) is 10.6. The Morgan fingerprint density at radius 1 is 0.479 bits per heavy atom. The van der Waals surface area contributed by atoms with Crippen LogP contribution in [0.5, 0.6) is 11.5 Å². The minimum atomic E-state index is -0.628. The van der Waals surface area contributed by atoms with Crippen LogP contribution in [0.2, 0.25) is 0 Å². The van der Waals surface area contributed by atoms with E-state index in [1.165, 1.54) is 44.0 Å². The molecule has 0 aliphatic carbocycles. The Labute approximate surface area is 275 Å². The van der Waals surface area contributed by atoms with Gasteiger partial charge in [0.05, 0.1) is 44.8 Å². The average Bonchev–Trinajstić information content (AvgIpc) is 3.66. The van der Waals surface area contributed by atoms with Crippen LogP contribution in [0.4, 0.5) is 0 Å². The van der Waals surface area contributed by atoms with E-state index in [-0.39, 0.29) is 0 Å².